The fourth-order valence-electron chi connectivity index (χ4n) is 2.33. The Bertz CT molecular complexity index is 832. The first-order valence-corrected chi connectivity index (χ1v) is 7.72. The molecule has 0 fully saturated rings. The summed E-state index contributed by atoms with van der Waals surface area (Å²) in [5, 5.41) is 2.30. The van der Waals surface area contributed by atoms with Crippen LogP contribution in [0.2, 0.25) is 5.15 Å². The van der Waals surface area contributed by atoms with Gasteiger partial charge in [0.2, 0.25) is 0 Å². The van der Waals surface area contributed by atoms with Crippen molar-refractivity contribution in [1.82, 2.24) is 9.97 Å². The van der Waals surface area contributed by atoms with E-state index in [1.807, 2.05) is 50.2 Å². The molecule has 1 aromatic carbocycles. The molecule has 0 amide bonds. The van der Waals surface area contributed by atoms with Crippen LogP contribution >= 0.6 is 11.6 Å². The highest BCUT2D eigenvalue weighted by Crippen LogP contribution is 2.30. The molecule has 0 aliphatic carbocycles. The smallest absolute Gasteiger partial charge is 0.138 e. The fraction of sp³-hybridized carbons (Fsp3) is 0.222. The maximum atomic E-state index is 6.30. The first kappa shape index (κ1) is 15.6. The monoisotopic (exact) mass is 328 g/mol. The number of halogens is 1. The van der Waals surface area contributed by atoms with Crippen LogP contribution in [0.25, 0.3) is 22.2 Å². The average molecular weight is 329 g/mol. The van der Waals surface area contributed by atoms with Gasteiger partial charge in [-0.15, -0.1) is 0 Å². The molecule has 4 nitrogen and oxygen atoms in total. The second kappa shape index (κ2) is 6.42. The van der Waals surface area contributed by atoms with Crippen LogP contribution in [0.5, 0.6) is 11.5 Å². The van der Waals surface area contributed by atoms with Crippen molar-refractivity contribution >= 4 is 22.4 Å². The number of aromatic nitrogens is 2. The Morgan fingerprint density at radius 3 is 2.43 bits per heavy atom. The van der Waals surface area contributed by atoms with Crippen LogP contribution in [0.15, 0.2) is 42.6 Å². The summed E-state index contributed by atoms with van der Waals surface area (Å²) in [5.41, 5.74) is 1.46. The van der Waals surface area contributed by atoms with Crippen molar-refractivity contribution in [3.63, 3.8) is 0 Å². The number of methoxy groups -OCH3 is 1. The second-order valence-electron chi connectivity index (χ2n) is 5.43. The van der Waals surface area contributed by atoms with E-state index in [2.05, 4.69) is 9.97 Å². The van der Waals surface area contributed by atoms with E-state index in [4.69, 9.17) is 21.1 Å². The van der Waals surface area contributed by atoms with Gasteiger partial charge >= 0.3 is 0 Å². The molecule has 3 rings (SSSR count). The zero-order valence-electron chi connectivity index (χ0n) is 13.2. The van der Waals surface area contributed by atoms with Gasteiger partial charge < -0.3 is 9.47 Å². The number of ether oxygens (including phenoxy) is 2. The first-order valence-electron chi connectivity index (χ1n) is 7.34. The summed E-state index contributed by atoms with van der Waals surface area (Å²) >= 11 is 6.30. The predicted molar refractivity (Wildman–Crippen MR) is 92.3 cm³/mol. The zero-order valence-corrected chi connectivity index (χ0v) is 14.0. The number of benzene rings is 1. The number of pyridine rings is 2. The average Bonchev–Trinajstić information content (AvgIpc) is 2.54. The van der Waals surface area contributed by atoms with Gasteiger partial charge in [-0.3, -0.25) is 4.98 Å². The minimum Gasteiger partial charge on any atom is -0.497 e. The molecule has 3 aromatic rings. The van der Waals surface area contributed by atoms with Gasteiger partial charge in [0.25, 0.3) is 0 Å². The highest BCUT2D eigenvalue weighted by atomic mass is 35.5. The lowest BCUT2D eigenvalue weighted by molar-refractivity contribution is 0.241. The van der Waals surface area contributed by atoms with E-state index in [-0.39, 0.29) is 6.10 Å². The third kappa shape index (κ3) is 3.37. The molecular weight excluding hydrogens is 312 g/mol. The Balaban J connectivity index is 2.02. The molecule has 0 N–H and O–H groups in total. The summed E-state index contributed by atoms with van der Waals surface area (Å²) in [6.45, 7) is 3.96. The zero-order chi connectivity index (χ0) is 16.4. The van der Waals surface area contributed by atoms with Gasteiger partial charge in [-0.05, 0) is 55.6 Å². The molecule has 0 saturated heterocycles. The Morgan fingerprint density at radius 2 is 1.78 bits per heavy atom. The van der Waals surface area contributed by atoms with Crippen molar-refractivity contribution in [3.05, 3.63) is 47.7 Å². The fourth-order valence-corrected chi connectivity index (χ4v) is 2.59. The normalized spacial score (nSPS) is 11.0. The lowest BCUT2D eigenvalue weighted by Crippen LogP contribution is -2.05. The van der Waals surface area contributed by atoms with E-state index in [1.165, 1.54) is 0 Å². The van der Waals surface area contributed by atoms with E-state index < -0.39 is 0 Å². The molecule has 5 heteroatoms. The van der Waals surface area contributed by atoms with Gasteiger partial charge in [-0.2, -0.15) is 0 Å². The Kier molecular flexibility index (Phi) is 4.35. The van der Waals surface area contributed by atoms with E-state index in [1.54, 1.807) is 13.3 Å². The number of hydrogen-bond acceptors (Lipinski definition) is 4. The van der Waals surface area contributed by atoms with Crippen LogP contribution in [0, 0.1) is 0 Å². The van der Waals surface area contributed by atoms with E-state index in [0.29, 0.717) is 10.8 Å². The highest BCUT2D eigenvalue weighted by Gasteiger charge is 2.09. The van der Waals surface area contributed by atoms with Crippen molar-refractivity contribution < 1.29 is 9.47 Å². The summed E-state index contributed by atoms with van der Waals surface area (Å²) in [6, 6.07) is 11.4. The Labute approximate surface area is 140 Å². The van der Waals surface area contributed by atoms with Gasteiger partial charge in [-0.25, -0.2) is 4.98 Å². The van der Waals surface area contributed by atoms with Crippen molar-refractivity contribution in [2.75, 3.05) is 7.11 Å². The summed E-state index contributed by atoms with van der Waals surface area (Å²) in [7, 11) is 1.64. The highest BCUT2D eigenvalue weighted by molar-refractivity contribution is 6.34. The topological polar surface area (TPSA) is 44.2 Å². The molecular formula is C18H17ClN2O2. The number of fused-ring (bicyclic) bond motifs is 1. The minimum absolute atomic E-state index is 0.114. The van der Waals surface area contributed by atoms with Gasteiger partial charge in [0.15, 0.2) is 0 Å². The molecule has 0 saturated carbocycles. The maximum Gasteiger partial charge on any atom is 0.138 e. The van der Waals surface area contributed by atoms with Gasteiger partial charge in [0.05, 0.1) is 30.8 Å². The van der Waals surface area contributed by atoms with Gasteiger partial charge in [-0.1, -0.05) is 11.6 Å². The first-order chi connectivity index (χ1) is 11.1. The summed E-state index contributed by atoms with van der Waals surface area (Å²) in [5.74, 6) is 1.51. The molecule has 0 spiro atoms. The van der Waals surface area contributed by atoms with Gasteiger partial charge in [0, 0.05) is 5.39 Å². The summed E-state index contributed by atoms with van der Waals surface area (Å²) in [4.78, 5) is 8.85. The van der Waals surface area contributed by atoms with Gasteiger partial charge in [0.1, 0.15) is 16.7 Å². The largest absolute Gasteiger partial charge is 0.497 e. The molecule has 118 valence electrons. The van der Waals surface area contributed by atoms with Crippen molar-refractivity contribution in [2.24, 2.45) is 0 Å². The predicted octanol–water partition coefficient (Wildman–Crippen LogP) is 4.75. The van der Waals surface area contributed by atoms with Crippen LogP contribution in [-0.2, 0) is 0 Å². The maximum absolute atomic E-state index is 6.30. The van der Waals surface area contributed by atoms with Crippen LogP contribution in [0.1, 0.15) is 13.8 Å². The van der Waals surface area contributed by atoms with Crippen molar-refractivity contribution in [2.45, 2.75) is 20.0 Å². The molecule has 0 unspecified atom stereocenters. The van der Waals surface area contributed by atoms with E-state index in [0.717, 1.165) is 28.0 Å². The number of nitrogens with zero attached hydrogens (tertiary/aromatic N) is 2. The second-order valence-corrected chi connectivity index (χ2v) is 5.79. The van der Waals surface area contributed by atoms with Crippen molar-refractivity contribution in [1.29, 1.82) is 0 Å². The molecule has 2 aromatic heterocycles. The lowest BCUT2D eigenvalue weighted by atomic mass is 10.1. The third-order valence-electron chi connectivity index (χ3n) is 3.36. The minimum atomic E-state index is 0.114. The molecule has 2 heterocycles. The molecule has 23 heavy (non-hydrogen) atoms. The van der Waals surface area contributed by atoms with E-state index in [9.17, 15) is 0 Å². The Morgan fingerprint density at radius 1 is 1.00 bits per heavy atom. The van der Waals surface area contributed by atoms with Crippen LogP contribution < -0.4 is 9.47 Å². The standard InChI is InChI=1S/C18H17ClN2O2/c1-11(2)23-14-5-7-16(20-10-14)17-9-12-8-13(22-3)4-6-15(12)18(19)21-17/h4-11H,1-3H3. The quantitative estimate of drug-likeness (QED) is 0.648. The van der Waals surface area contributed by atoms with Crippen molar-refractivity contribution in [3.8, 4) is 22.9 Å². The summed E-state index contributed by atoms with van der Waals surface area (Å²) in [6.07, 6.45) is 1.81. The molecule has 0 bridgehead atoms. The number of rotatable bonds is 4. The molecule has 0 aliphatic heterocycles. The Hall–Kier alpha value is -2.33. The third-order valence-corrected chi connectivity index (χ3v) is 3.65. The van der Waals surface area contributed by atoms with Crippen LogP contribution in [-0.4, -0.2) is 23.2 Å². The molecule has 0 aliphatic rings. The van der Waals surface area contributed by atoms with Crippen LogP contribution in [0.3, 0.4) is 0 Å². The van der Waals surface area contributed by atoms with E-state index >= 15 is 0 Å². The summed E-state index contributed by atoms with van der Waals surface area (Å²) < 4.78 is 10.9. The van der Waals surface area contributed by atoms with Crippen LogP contribution in [0.4, 0.5) is 0 Å². The molecule has 0 atom stereocenters. The number of hydrogen-bond donors (Lipinski definition) is 0. The lowest BCUT2D eigenvalue weighted by Gasteiger charge is -2.10. The SMILES string of the molecule is COc1ccc2c(Cl)nc(-c3ccc(OC(C)C)cn3)cc2c1. The molecule has 0 radical (unpaired) electrons.